The Labute approximate surface area is 191 Å². The van der Waals surface area contributed by atoms with Gasteiger partial charge in [0.15, 0.2) is 12.1 Å². The summed E-state index contributed by atoms with van der Waals surface area (Å²) < 4.78 is 6.22. The normalized spacial score (nSPS) is 21.5. The minimum absolute atomic E-state index is 0.0825. The van der Waals surface area contributed by atoms with Crippen molar-refractivity contribution in [2.75, 3.05) is 4.90 Å². The van der Waals surface area contributed by atoms with Crippen LogP contribution in [0.4, 0.5) is 5.69 Å². The maximum Gasteiger partial charge on any atom is 0.263 e. The minimum atomic E-state index is -0.860. The number of aromatic nitrogens is 2. The van der Waals surface area contributed by atoms with Crippen molar-refractivity contribution in [3.63, 3.8) is 0 Å². The largest absolute Gasteiger partial charge is 0.337 e. The molecule has 2 aromatic carbocycles. The van der Waals surface area contributed by atoms with Crippen molar-refractivity contribution in [1.29, 1.82) is 0 Å². The monoisotopic (exact) mass is 492 g/mol. The first-order valence-corrected chi connectivity index (χ1v) is 11.1. The number of anilines is 1. The highest BCUT2D eigenvalue weighted by molar-refractivity contribution is 9.10. The molecule has 1 aliphatic carbocycles. The molecule has 1 aromatic heterocycles. The molecule has 10 heteroatoms. The van der Waals surface area contributed by atoms with Gasteiger partial charge < -0.3 is 4.52 Å². The first-order chi connectivity index (χ1) is 15.6. The van der Waals surface area contributed by atoms with Crippen molar-refractivity contribution in [1.82, 2.24) is 15.1 Å². The number of carbonyl (C=O) groups excluding carboxylic acids is 2. The van der Waals surface area contributed by atoms with Crippen LogP contribution >= 0.6 is 15.9 Å². The molecular formula is C22H17BrN6O3. The Morgan fingerprint density at radius 3 is 2.78 bits per heavy atom. The van der Waals surface area contributed by atoms with Gasteiger partial charge in [-0.05, 0) is 54.7 Å². The summed E-state index contributed by atoms with van der Waals surface area (Å²) in [6.07, 6.45) is 3.10. The highest BCUT2D eigenvalue weighted by Crippen LogP contribution is 2.35. The molecule has 2 aliphatic heterocycles. The van der Waals surface area contributed by atoms with E-state index in [4.69, 9.17) is 4.52 Å². The molecule has 3 heterocycles. The van der Waals surface area contributed by atoms with E-state index in [1.165, 1.54) is 21.0 Å². The maximum atomic E-state index is 13.2. The van der Waals surface area contributed by atoms with Gasteiger partial charge in [-0.3, -0.25) is 14.6 Å². The van der Waals surface area contributed by atoms with E-state index in [9.17, 15) is 9.59 Å². The summed E-state index contributed by atoms with van der Waals surface area (Å²) in [4.78, 5) is 31.9. The van der Waals surface area contributed by atoms with Gasteiger partial charge in [-0.1, -0.05) is 44.5 Å². The van der Waals surface area contributed by atoms with Crippen LogP contribution in [0, 0.1) is 0 Å². The summed E-state index contributed by atoms with van der Waals surface area (Å²) >= 11 is 3.48. The molecule has 1 saturated heterocycles. The Morgan fingerprint density at radius 1 is 1.06 bits per heavy atom. The number of imide groups is 1. The quantitative estimate of drug-likeness (QED) is 0.516. The predicted octanol–water partition coefficient (Wildman–Crippen LogP) is 3.48. The molecule has 0 N–H and O–H groups in total. The fourth-order valence-electron chi connectivity index (χ4n) is 4.52. The van der Waals surface area contributed by atoms with Crippen LogP contribution in [0.25, 0.3) is 11.4 Å². The molecule has 0 radical (unpaired) electrons. The number of aryl methyl sites for hydroxylation is 2. The van der Waals surface area contributed by atoms with Crippen molar-refractivity contribution in [2.24, 2.45) is 10.3 Å². The molecule has 0 spiro atoms. The number of rotatable bonds is 4. The number of carbonyl (C=O) groups is 2. The first-order valence-electron chi connectivity index (χ1n) is 10.3. The lowest BCUT2D eigenvalue weighted by atomic mass is 10.1. The van der Waals surface area contributed by atoms with Crippen LogP contribution in [0.1, 0.15) is 23.4 Å². The van der Waals surface area contributed by atoms with Crippen LogP contribution < -0.4 is 4.90 Å². The molecule has 1 fully saturated rings. The van der Waals surface area contributed by atoms with Gasteiger partial charge in [0, 0.05) is 10.0 Å². The minimum Gasteiger partial charge on any atom is -0.337 e. The summed E-state index contributed by atoms with van der Waals surface area (Å²) in [6, 6.07) is 11.7. The molecule has 9 nitrogen and oxygen atoms in total. The number of halogens is 1. The number of amides is 2. The zero-order valence-electron chi connectivity index (χ0n) is 16.8. The molecule has 0 unspecified atom stereocenters. The van der Waals surface area contributed by atoms with Crippen molar-refractivity contribution in [3.05, 3.63) is 64.0 Å². The summed E-state index contributed by atoms with van der Waals surface area (Å²) in [5.41, 5.74) is 3.87. The number of benzene rings is 2. The highest BCUT2D eigenvalue weighted by Gasteiger charge is 2.55. The zero-order chi connectivity index (χ0) is 21.8. The Hall–Kier alpha value is -3.40. The molecule has 32 heavy (non-hydrogen) atoms. The zero-order valence-corrected chi connectivity index (χ0v) is 18.4. The molecule has 3 aliphatic rings. The number of hydrogen-bond acceptors (Lipinski definition) is 8. The number of nitrogens with zero attached hydrogens (tertiary/aromatic N) is 6. The van der Waals surface area contributed by atoms with Crippen LogP contribution in [-0.2, 0) is 29.0 Å². The molecule has 160 valence electrons. The average Bonchev–Trinajstić information content (AvgIpc) is 3.56. The predicted molar refractivity (Wildman–Crippen MR) is 116 cm³/mol. The Morgan fingerprint density at radius 2 is 1.91 bits per heavy atom. The van der Waals surface area contributed by atoms with Crippen molar-refractivity contribution in [2.45, 2.75) is 37.9 Å². The standard InChI is InChI=1S/C22H17BrN6O3/c23-16-7-2-1-6-15(16)20-24-17(32-26-20)11-28-19-18(25-27-28)21(30)29(22(19)31)14-9-8-12-4-3-5-13(12)10-14/h1-2,6-10,18-19H,3-5,11H2/t18-,19-/m0/s1. The Bertz CT molecular complexity index is 1290. The third kappa shape index (κ3) is 2.97. The van der Waals surface area contributed by atoms with Crippen LogP contribution in [-0.4, -0.2) is 39.0 Å². The average molecular weight is 493 g/mol. The Kier molecular flexibility index (Phi) is 4.42. The molecule has 2 amide bonds. The fourth-order valence-corrected chi connectivity index (χ4v) is 4.98. The lowest BCUT2D eigenvalue weighted by Crippen LogP contribution is -2.39. The molecular weight excluding hydrogens is 476 g/mol. The van der Waals surface area contributed by atoms with Gasteiger partial charge in [0.05, 0.1) is 5.69 Å². The second-order valence-electron chi connectivity index (χ2n) is 8.00. The van der Waals surface area contributed by atoms with Crippen LogP contribution in [0.3, 0.4) is 0 Å². The highest BCUT2D eigenvalue weighted by atomic mass is 79.9. The maximum absolute atomic E-state index is 13.2. The summed E-state index contributed by atoms with van der Waals surface area (Å²) in [6.45, 7) is 0.0825. The first kappa shape index (κ1) is 19.3. The van der Waals surface area contributed by atoms with Gasteiger partial charge in [-0.15, -0.1) is 0 Å². The van der Waals surface area contributed by atoms with Crippen LogP contribution in [0.15, 0.2) is 61.8 Å². The van der Waals surface area contributed by atoms with Crippen LogP contribution in [0.2, 0.25) is 0 Å². The van der Waals surface area contributed by atoms with E-state index in [-0.39, 0.29) is 24.2 Å². The fraction of sp³-hybridized carbons (Fsp3) is 0.273. The SMILES string of the molecule is O=C1[C@H]2N=NN(Cc3nc(-c4ccccc4Br)no3)[C@@H]2C(=O)N1c1ccc2c(c1)CCC2. The van der Waals surface area contributed by atoms with E-state index in [1.54, 1.807) is 0 Å². The van der Waals surface area contributed by atoms with E-state index in [0.29, 0.717) is 11.5 Å². The van der Waals surface area contributed by atoms with Crippen LogP contribution in [0.5, 0.6) is 0 Å². The van der Waals surface area contributed by atoms with Crippen molar-refractivity contribution >= 4 is 33.4 Å². The van der Waals surface area contributed by atoms with E-state index in [2.05, 4.69) is 36.4 Å². The van der Waals surface area contributed by atoms with E-state index >= 15 is 0 Å². The van der Waals surface area contributed by atoms with Crippen molar-refractivity contribution < 1.29 is 14.1 Å². The van der Waals surface area contributed by atoms with E-state index < -0.39 is 12.1 Å². The van der Waals surface area contributed by atoms with E-state index in [1.807, 2.05) is 42.5 Å². The number of hydrogen-bond donors (Lipinski definition) is 0. The van der Waals surface area contributed by atoms with Gasteiger partial charge in [0.25, 0.3) is 11.8 Å². The smallest absolute Gasteiger partial charge is 0.263 e. The lowest BCUT2D eigenvalue weighted by Gasteiger charge is -2.19. The topological polar surface area (TPSA) is 104 Å². The molecule has 6 rings (SSSR count). The van der Waals surface area contributed by atoms with Gasteiger partial charge in [-0.2, -0.15) is 10.1 Å². The lowest BCUT2D eigenvalue weighted by molar-refractivity contribution is -0.123. The van der Waals surface area contributed by atoms with Gasteiger partial charge >= 0.3 is 0 Å². The summed E-state index contributed by atoms with van der Waals surface area (Å²) in [7, 11) is 0. The second kappa shape index (κ2) is 7.33. The number of fused-ring (bicyclic) bond motifs is 2. The molecule has 0 saturated carbocycles. The third-order valence-electron chi connectivity index (χ3n) is 6.08. The van der Waals surface area contributed by atoms with Crippen molar-refractivity contribution in [3.8, 4) is 11.4 Å². The summed E-state index contributed by atoms with van der Waals surface area (Å²) in [5.74, 6) is 0.0115. The Balaban J connectivity index is 1.24. The van der Waals surface area contributed by atoms with Gasteiger partial charge in [-0.25, -0.2) is 4.90 Å². The van der Waals surface area contributed by atoms with E-state index in [0.717, 1.165) is 29.3 Å². The van der Waals surface area contributed by atoms with Gasteiger partial charge in [0.2, 0.25) is 11.7 Å². The third-order valence-corrected chi connectivity index (χ3v) is 6.77. The summed E-state index contributed by atoms with van der Waals surface area (Å²) in [5, 5.41) is 13.6. The second-order valence-corrected chi connectivity index (χ2v) is 8.86. The van der Waals surface area contributed by atoms with Gasteiger partial charge in [0.1, 0.15) is 6.54 Å². The molecule has 2 atom stereocenters. The molecule has 3 aromatic rings. The molecule has 0 bridgehead atoms.